The first kappa shape index (κ1) is 18.7. The van der Waals surface area contributed by atoms with Crippen LogP contribution in [0.3, 0.4) is 0 Å². The molecule has 8 nitrogen and oxygen atoms in total. The van der Waals surface area contributed by atoms with E-state index < -0.39 is 12.1 Å². The topological polar surface area (TPSA) is 115 Å². The average molecular weight is 281 g/mol. The van der Waals surface area contributed by atoms with Crippen molar-refractivity contribution in [2.45, 2.75) is 12.1 Å². The highest BCUT2D eigenvalue weighted by Gasteiger charge is 2.06. The van der Waals surface area contributed by atoms with Gasteiger partial charge in [-0.3, -0.25) is 10.6 Å². The summed E-state index contributed by atoms with van der Waals surface area (Å²) in [5, 5.41) is 35.8. The second-order valence-electron chi connectivity index (χ2n) is 4.05. The van der Waals surface area contributed by atoms with Crippen molar-refractivity contribution in [3.05, 3.63) is 0 Å². The van der Waals surface area contributed by atoms with Crippen molar-refractivity contribution in [3.8, 4) is 0 Å². The molecular formula is C11H27N3O5. The monoisotopic (exact) mass is 281 g/mol. The summed E-state index contributed by atoms with van der Waals surface area (Å²) in [5.74, 6) is 0. The number of ether oxygens (including phenoxy) is 2. The quantitative estimate of drug-likeness (QED) is 0.148. The van der Waals surface area contributed by atoms with Crippen LogP contribution in [0.1, 0.15) is 0 Å². The van der Waals surface area contributed by atoms with Crippen LogP contribution in [0, 0.1) is 0 Å². The molecule has 0 aliphatic heterocycles. The molecule has 0 aromatic rings. The van der Waals surface area contributed by atoms with E-state index in [1.807, 2.05) is 7.05 Å². The summed E-state index contributed by atoms with van der Waals surface area (Å²) in [5.41, 5.74) is 0. The molecule has 1 unspecified atom stereocenters. The van der Waals surface area contributed by atoms with Crippen LogP contribution in [0.5, 0.6) is 0 Å². The second-order valence-corrected chi connectivity index (χ2v) is 4.05. The summed E-state index contributed by atoms with van der Waals surface area (Å²) >= 11 is 0. The minimum atomic E-state index is -0.628. The van der Waals surface area contributed by atoms with Crippen LogP contribution in [0.4, 0.5) is 0 Å². The van der Waals surface area contributed by atoms with E-state index in [1.54, 1.807) is 0 Å². The van der Waals surface area contributed by atoms with Gasteiger partial charge in [-0.1, -0.05) is 0 Å². The predicted octanol–water partition coefficient (Wildman–Crippen LogP) is -2.95. The van der Waals surface area contributed by atoms with Crippen LogP contribution in [-0.4, -0.2) is 87.5 Å². The highest BCUT2D eigenvalue weighted by molar-refractivity contribution is 4.61. The number of hydrogen-bond donors (Lipinski definition) is 6. The Hall–Kier alpha value is -0.320. The van der Waals surface area contributed by atoms with Crippen LogP contribution in [0.2, 0.25) is 0 Å². The summed E-state index contributed by atoms with van der Waals surface area (Å²) in [6.07, 6.45) is -0.628. The molecule has 0 saturated carbocycles. The zero-order valence-electron chi connectivity index (χ0n) is 11.5. The van der Waals surface area contributed by atoms with Gasteiger partial charge in [0, 0.05) is 13.1 Å². The van der Waals surface area contributed by atoms with Crippen molar-refractivity contribution < 1.29 is 24.8 Å². The standard InChI is InChI=1S/C11H27N3O5/c1-12-2-3-18-8-13-4-11(17)7-19-9-14-10(5-15)6-16/h10-17H,2-9H2,1H3. The maximum Gasteiger partial charge on any atom is 0.0970 e. The van der Waals surface area contributed by atoms with Crippen LogP contribution in [0.15, 0.2) is 0 Å². The molecule has 1 atom stereocenters. The SMILES string of the molecule is CNCCOCNCC(O)COCNC(CO)CO. The second kappa shape index (κ2) is 14.1. The van der Waals surface area contributed by atoms with Gasteiger partial charge in [0.15, 0.2) is 0 Å². The molecule has 116 valence electrons. The van der Waals surface area contributed by atoms with Gasteiger partial charge in [-0.25, -0.2) is 0 Å². The molecule has 8 heteroatoms. The smallest absolute Gasteiger partial charge is 0.0970 e. The van der Waals surface area contributed by atoms with E-state index >= 15 is 0 Å². The Morgan fingerprint density at radius 2 is 1.84 bits per heavy atom. The molecule has 0 heterocycles. The van der Waals surface area contributed by atoms with Crippen molar-refractivity contribution in [2.24, 2.45) is 0 Å². The third-order valence-corrected chi connectivity index (χ3v) is 2.31. The molecule has 19 heavy (non-hydrogen) atoms. The van der Waals surface area contributed by atoms with Crippen LogP contribution < -0.4 is 16.0 Å². The van der Waals surface area contributed by atoms with Crippen molar-refractivity contribution in [1.82, 2.24) is 16.0 Å². The van der Waals surface area contributed by atoms with E-state index in [0.717, 1.165) is 6.54 Å². The van der Waals surface area contributed by atoms with E-state index in [-0.39, 0.29) is 26.6 Å². The fourth-order valence-electron chi connectivity index (χ4n) is 1.16. The van der Waals surface area contributed by atoms with E-state index in [1.165, 1.54) is 0 Å². The number of nitrogens with one attached hydrogen (secondary N) is 3. The zero-order valence-corrected chi connectivity index (χ0v) is 11.5. The van der Waals surface area contributed by atoms with Gasteiger partial charge in [0.1, 0.15) is 0 Å². The normalized spacial score (nSPS) is 13.1. The van der Waals surface area contributed by atoms with Gasteiger partial charge in [0.2, 0.25) is 0 Å². The molecule has 0 aliphatic carbocycles. The molecule has 0 aromatic carbocycles. The Morgan fingerprint density at radius 1 is 1.11 bits per heavy atom. The van der Waals surface area contributed by atoms with Crippen LogP contribution in [0.25, 0.3) is 0 Å². The van der Waals surface area contributed by atoms with Gasteiger partial charge in [0.05, 0.1) is 52.0 Å². The van der Waals surface area contributed by atoms with Crippen molar-refractivity contribution in [3.63, 3.8) is 0 Å². The zero-order chi connectivity index (χ0) is 14.3. The third kappa shape index (κ3) is 12.5. The highest BCUT2D eigenvalue weighted by Crippen LogP contribution is 1.85. The van der Waals surface area contributed by atoms with Gasteiger partial charge in [-0.15, -0.1) is 0 Å². The molecule has 0 bridgehead atoms. The Bertz CT molecular complexity index is 184. The Balaban J connectivity index is 3.27. The maximum atomic E-state index is 9.55. The maximum absolute atomic E-state index is 9.55. The summed E-state index contributed by atoms with van der Waals surface area (Å²) in [4.78, 5) is 0. The first-order valence-electron chi connectivity index (χ1n) is 6.38. The summed E-state index contributed by atoms with van der Waals surface area (Å²) in [7, 11) is 1.85. The number of rotatable bonds is 14. The number of hydrogen-bond acceptors (Lipinski definition) is 8. The summed E-state index contributed by atoms with van der Waals surface area (Å²) < 4.78 is 10.4. The van der Waals surface area contributed by atoms with Crippen molar-refractivity contribution in [2.75, 3.05) is 60.0 Å². The summed E-state index contributed by atoms with van der Waals surface area (Å²) in [6, 6.07) is -0.393. The van der Waals surface area contributed by atoms with Gasteiger partial charge in [0.25, 0.3) is 0 Å². The van der Waals surface area contributed by atoms with Crippen LogP contribution in [-0.2, 0) is 9.47 Å². The Labute approximate surface area is 114 Å². The molecule has 0 spiro atoms. The molecule has 0 saturated heterocycles. The molecule has 6 N–H and O–H groups in total. The molecule has 0 amide bonds. The molecule has 0 aromatic heterocycles. The predicted molar refractivity (Wildman–Crippen MR) is 70.7 cm³/mol. The van der Waals surface area contributed by atoms with E-state index in [0.29, 0.717) is 19.9 Å². The lowest BCUT2D eigenvalue weighted by Gasteiger charge is -2.15. The largest absolute Gasteiger partial charge is 0.395 e. The Morgan fingerprint density at radius 3 is 2.47 bits per heavy atom. The lowest BCUT2D eigenvalue weighted by molar-refractivity contribution is 0.0140. The molecule has 0 aliphatic rings. The van der Waals surface area contributed by atoms with Gasteiger partial charge in [-0.05, 0) is 7.05 Å². The Kier molecular flexibility index (Phi) is 13.9. The van der Waals surface area contributed by atoms with E-state index in [4.69, 9.17) is 19.7 Å². The molecule has 0 fully saturated rings. The number of aliphatic hydroxyl groups is 3. The number of likely N-dealkylation sites (N-methyl/N-ethyl adjacent to an activating group) is 1. The lowest BCUT2D eigenvalue weighted by atomic mass is 10.3. The van der Waals surface area contributed by atoms with Crippen molar-refractivity contribution in [1.29, 1.82) is 0 Å². The summed E-state index contributed by atoms with van der Waals surface area (Å²) in [6.45, 7) is 2.18. The fourth-order valence-corrected chi connectivity index (χ4v) is 1.16. The molecule has 0 rings (SSSR count). The van der Waals surface area contributed by atoms with Crippen LogP contribution >= 0.6 is 0 Å². The van der Waals surface area contributed by atoms with Gasteiger partial charge in [-0.2, -0.15) is 0 Å². The first-order chi connectivity index (χ1) is 9.24. The average Bonchev–Trinajstić information content (AvgIpc) is 2.43. The third-order valence-electron chi connectivity index (χ3n) is 2.31. The van der Waals surface area contributed by atoms with Crippen molar-refractivity contribution >= 4 is 0 Å². The first-order valence-corrected chi connectivity index (χ1v) is 6.38. The minimum Gasteiger partial charge on any atom is -0.395 e. The van der Waals surface area contributed by atoms with Gasteiger partial charge >= 0.3 is 0 Å². The minimum absolute atomic E-state index is 0.159. The van der Waals surface area contributed by atoms with E-state index in [2.05, 4.69) is 16.0 Å². The molecular weight excluding hydrogens is 254 g/mol. The number of aliphatic hydroxyl groups excluding tert-OH is 3. The lowest BCUT2D eigenvalue weighted by Crippen LogP contribution is -2.39. The van der Waals surface area contributed by atoms with E-state index in [9.17, 15) is 5.11 Å². The fraction of sp³-hybridized carbons (Fsp3) is 1.00. The highest BCUT2D eigenvalue weighted by atomic mass is 16.5. The molecule has 0 radical (unpaired) electrons. The van der Waals surface area contributed by atoms with Gasteiger partial charge < -0.3 is 30.1 Å².